The summed E-state index contributed by atoms with van der Waals surface area (Å²) in [5.41, 5.74) is 0. The minimum absolute atomic E-state index is 0.495. The number of nitrogens with one attached hydrogen (secondary N) is 2. The number of nitrogens with zero attached hydrogens (tertiary/aromatic N) is 2. The first kappa shape index (κ1) is 13.9. The van der Waals surface area contributed by atoms with Gasteiger partial charge in [0.2, 0.25) is 5.89 Å². The molecule has 0 saturated heterocycles. The largest absolute Gasteiger partial charge is 0.407 e. The van der Waals surface area contributed by atoms with Crippen molar-refractivity contribution < 1.29 is 9.15 Å². The summed E-state index contributed by atoms with van der Waals surface area (Å²) in [6, 6.07) is 0.495. The van der Waals surface area contributed by atoms with Gasteiger partial charge in [-0.2, -0.15) is 0 Å². The molecule has 0 aromatic carbocycles. The zero-order chi connectivity index (χ0) is 12.5. The third-order valence-corrected chi connectivity index (χ3v) is 2.22. The van der Waals surface area contributed by atoms with Gasteiger partial charge in [-0.15, -0.1) is 5.10 Å². The Morgan fingerprint density at radius 2 is 2.12 bits per heavy atom. The average Bonchev–Trinajstić information content (AvgIpc) is 2.72. The Balaban J connectivity index is 2.18. The highest BCUT2D eigenvalue weighted by Crippen LogP contribution is 2.06. The summed E-state index contributed by atoms with van der Waals surface area (Å²) in [6.07, 6.45) is 1.09. The van der Waals surface area contributed by atoms with E-state index < -0.39 is 0 Å². The minimum Gasteiger partial charge on any atom is -0.407 e. The molecule has 0 amide bonds. The standard InChI is InChI=1S/C11H22N4O2/c1-9(2)4-5-13-11-15-14-10(17-11)8-12-6-7-16-3/h9,12H,4-8H2,1-3H3,(H,13,15). The van der Waals surface area contributed by atoms with Crippen LogP contribution in [0.4, 0.5) is 6.01 Å². The van der Waals surface area contributed by atoms with E-state index in [2.05, 4.69) is 34.7 Å². The number of methoxy groups -OCH3 is 1. The molecule has 0 aliphatic carbocycles. The molecule has 1 aromatic heterocycles. The van der Waals surface area contributed by atoms with E-state index in [1.807, 2.05) is 0 Å². The van der Waals surface area contributed by atoms with E-state index in [0.29, 0.717) is 31.0 Å². The van der Waals surface area contributed by atoms with Crippen LogP contribution in [-0.4, -0.2) is 37.0 Å². The minimum atomic E-state index is 0.495. The van der Waals surface area contributed by atoms with Crippen molar-refractivity contribution in [1.82, 2.24) is 15.5 Å². The molecule has 0 aliphatic rings. The lowest BCUT2D eigenvalue weighted by Gasteiger charge is -2.03. The van der Waals surface area contributed by atoms with Crippen LogP contribution >= 0.6 is 0 Å². The van der Waals surface area contributed by atoms with E-state index in [-0.39, 0.29) is 0 Å². The molecule has 0 aliphatic heterocycles. The highest BCUT2D eigenvalue weighted by Gasteiger charge is 2.04. The number of anilines is 1. The molecule has 0 atom stereocenters. The second-order valence-corrected chi connectivity index (χ2v) is 4.28. The third-order valence-electron chi connectivity index (χ3n) is 2.22. The van der Waals surface area contributed by atoms with Crippen molar-refractivity contribution in [3.8, 4) is 0 Å². The van der Waals surface area contributed by atoms with Crippen LogP contribution in [0.25, 0.3) is 0 Å². The molecule has 2 N–H and O–H groups in total. The molecule has 1 rings (SSSR count). The van der Waals surface area contributed by atoms with Crippen molar-refractivity contribution >= 4 is 6.01 Å². The maximum absolute atomic E-state index is 5.41. The van der Waals surface area contributed by atoms with Gasteiger partial charge < -0.3 is 19.8 Å². The zero-order valence-electron chi connectivity index (χ0n) is 10.8. The Bertz CT molecular complexity index is 301. The second kappa shape index (κ2) is 8.03. The predicted octanol–water partition coefficient (Wildman–Crippen LogP) is 1.26. The molecular formula is C11H22N4O2. The smallest absolute Gasteiger partial charge is 0.315 e. The first-order valence-electron chi connectivity index (χ1n) is 5.98. The Morgan fingerprint density at radius 3 is 2.82 bits per heavy atom. The molecular weight excluding hydrogens is 220 g/mol. The lowest BCUT2D eigenvalue weighted by atomic mass is 10.1. The number of rotatable bonds is 9. The van der Waals surface area contributed by atoms with Gasteiger partial charge in [-0.3, -0.25) is 0 Å². The van der Waals surface area contributed by atoms with E-state index in [1.165, 1.54) is 0 Å². The molecule has 0 unspecified atom stereocenters. The van der Waals surface area contributed by atoms with Crippen molar-refractivity contribution in [3.05, 3.63) is 5.89 Å². The van der Waals surface area contributed by atoms with Crippen LogP contribution in [0.3, 0.4) is 0 Å². The van der Waals surface area contributed by atoms with Gasteiger partial charge in [-0.1, -0.05) is 18.9 Å². The van der Waals surface area contributed by atoms with E-state index >= 15 is 0 Å². The van der Waals surface area contributed by atoms with Crippen molar-refractivity contribution in [3.63, 3.8) is 0 Å². The molecule has 6 nitrogen and oxygen atoms in total. The number of ether oxygens (including phenoxy) is 1. The van der Waals surface area contributed by atoms with Crippen molar-refractivity contribution in [2.75, 3.05) is 32.1 Å². The van der Waals surface area contributed by atoms with E-state index in [1.54, 1.807) is 7.11 Å². The molecule has 1 heterocycles. The Morgan fingerprint density at radius 1 is 1.29 bits per heavy atom. The maximum Gasteiger partial charge on any atom is 0.315 e. The Labute approximate surface area is 102 Å². The second-order valence-electron chi connectivity index (χ2n) is 4.28. The molecule has 0 fully saturated rings. The number of aromatic nitrogens is 2. The Kier molecular flexibility index (Phi) is 6.57. The van der Waals surface area contributed by atoms with Gasteiger partial charge in [-0.25, -0.2) is 0 Å². The Hall–Kier alpha value is -1.14. The highest BCUT2D eigenvalue weighted by atomic mass is 16.5. The van der Waals surface area contributed by atoms with E-state index in [4.69, 9.17) is 9.15 Å². The SMILES string of the molecule is COCCNCc1nnc(NCCC(C)C)o1. The van der Waals surface area contributed by atoms with Crippen LogP contribution in [0, 0.1) is 5.92 Å². The quantitative estimate of drug-likeness (QED) is 0.635. The van der Waals surface area contributed by atoms with Crippen LogP contribution < -0.4 is 10.6 Å². The maximum atomic E-state index is 5.41. The van der Waals surface area contributed by atoms with Crippen LogP contribution in [0.15, 0.2) is 4.42 Å². The van der Waals surface area contributed by atoms with Gasteiger partial charge in [-0.05, 0) is 12.3 Å². The normalized spacial score (nSPS) is 11.1. The molecule has 0 saturated carbocycles. The van der Waals surface area contributed by atoms with Crippen molar-refractivity contribution in [2.45, 2.75) is 26.8 Å². The van der Waals surface area contributed by atoms with Crippen LogP contribution in [0.2, 0.25) is 0 Å². The highest BCUT2D eigenvalue weighted by molar-refractivity contribution is 5.16. The summed E-state index contributed by atoms with van der Waals surface area (Å²) in [5, 5.41) is 14.1. The summed E-state index contributed by atoms with van der Waals surface area (Å²) in [4.78, 5) is 0. The monoisotopic (exact) mass is 242 g/mol. The topological polar surface area (TPSA) is 72.2 Å². The molecule has 0 spiro atoms. The van der Waals surface area contributed by atoms with E-state index in [9.17, 15) is 0 Å². The zero-order valence-corrected chi connectivity index (χ0v) is 10.8. The van der Waals surface area contributed by atoms with Gasteiger partial charge in [0.15, 0.2) is 0 Å². The number of hydrogen-bond acceptors (Lipinski definition) is 6. The van der Waals surface area contributed by atoms with Gasteiger partial charge in [0.25, 0.3) is 0 Å². The fourth-order valence-corrected chi connectivity index (χ4v) is 1.23. The molecule has 0 bridgehead atoms. The first-order valence-corrected chi connectivity index (χ1v) is 5.98. The van der Waals surface area contributed by atoms with Gasteiger partial charge in [0.05, 0.1) is 13.2 Å². The fraction of sp³-hybridized carbons (Fsp3) is 0.818. The van der Waals surface area contributed by atoms with Gasteiger partial charge in [0, 0.05) is 20.2 Å². The van der Waals surface area contributed by atoms with Crippen molar-refractivity contribution in [1.29, 1.82) is 0 Å². The third kappa shape index (κ3) is 6.23. The van der Waals surface area contributed by atoms with E-state index in [0.717, 1.165) is 19.5 Å². The summed E-state index contributed by atoms with van der Waals surface area (Å²) in [5.74, 6) is 1.26. The van der Waals surface area contributed by atoms with Crippen LogP contribution in [0.1, 0.15) is 26.2 Å². The number of hydrogen-bond donors (Lipinski definition) is 2. The summed E-state index contributed by atoms with van der Waals surface area (Å²) >= 11 is 0. The molecule has 0 radical (unpaired) electrons. The van der Waals surface area contributed by atoms with Gasteiger partial charge >= 0.3 is 6.01 Å². The molecule has 1 aromatic rings. The van der Waals surface area contributed by atoms with Crippen molar-refractivity contribution in [2.24, 2.45) is 5.92 Å². The lowest BCUT2D eigenvalue weighted by Crippen LogP contribution is -2.18. The summed E-state index contributed by atoms with van der Waals surface area (Å²) in [6.45, 7) is 7.24. The first-order chi connectivity index (χ1) is 8.22. The average molecular weight is 242 g/mol. The lowest BCUT2D eigenvalue weighted by molar-refractivity contribution is 0.198. The van der Waals surface area contributed by atoms with Crippen LogP contribution in [-0.2, 0) is 11.3 Å². The molecule has 98 valence electrons. The predicted molar refractivity (Wildman–Crippen MR) is 65.8 cm³/mol. The summed E-state index contributed by atoms with van der Waals surface area (Å²) in [7, 11) is 1.67. The fourth-order valence-electron chi connectivity index (χ4n) is 1.23. The van der Waals surface area contributed by atoms with Crippen LogP contribution in [0.5, 0.6) is 0 Å². The molecule has 6 heteroatoms. The van der Waals surface area contributed by atoms with Gasteiger partial charge in [0.1, 0.15) is 0 Å². The molecule has 17 heavy (non-hydrogen) atoms. The summed E-state index contributed by atoms with van der Waals surface area (Å²) < 4.78 is 10.3.